The largest absolute Gasteiger partial charge is 0.367 e. The Labute approximate surface area is 94.8 Å². The third kappa shape index (κ3) is 2.23. The molecule has 0 aromatic heterocycles. The molecule has 1 aromatic carbocycles. The molecule has 0 radical (unpaired) electrons. The lowest BCUT2D eigenvalue weighted by Gasteiger charge is -2.10. The van der Waals surface area contributed by atoms with Gasteiger partial charge in [-0.25, -0.2) is 0 Å². The fraction of sp³-hybridized carbons (Fsp3) is 0.308. The van der Waals surface area contributed by atoms with Crippen LogP contribution in [-0.4, -0.2) is 12.5 Å². The van der Waals surface area contributed by atoms with Crippen molar-refractivity contribution in [2.75, 3.05) is 6.54 Å². The summed E-state index contributed by atoms with van der Waals surface area (Å²) in [5.41, 5.74) is 2.36. The molecule has 0 saturated carbocycles. The van der Waals surface area contributed by atoms with Crippen molar-refractivity contribution in [2.45, 2.75) is 19.6 Å². The highest BCUT2D eigenvalue weighted by molar-refractivity contribution is 5.93. The SMILES string of the molecule is CC#CC(=O)NCC1OCc2ccccc21. The van der Waals surface area contributed by atoms with E-state index in [9.17, 15) is 4.79 Å². The maximum Gasteiger partial charge on any atom is 0.295 e. The summed E-state index contributed by atoms with van der Waals surface area (Å²) in [4.78, 5) is 11.2. The summed E-state index contributed by atoms with van der Waals surface area (Å²) in [7, 11) is 0. The van der Waals surface area contributed by atoms with Gasteiger partial charge in [0.25, 0.3) is 5.91 Å². The molecule has 0 fully saturated rings. The molecule has 16 heavy (non-hydrogen) atoms. The highest BCUT2D eigenvalue weighted by Gasteiger charge is 2.22. The summed E-state index contributed by atoms with van der Waals surface area (Å²) in [6.45, 7) is 2.74. The molecular weight excluding hydrogens is 202 g/mol. The van der Waals surface area contributed by atoms with E-state index in [4.69, 9.17) is 4.74 Å². The summed E-state index contributed by atoms with van der Waals surface area (Å²) in [6, 6.07) is 8.05. The van der Waals surface area contributed by atoms with Gasteiger partial charge in [0.05, 0.1) is 6.61 Å². The van der Waals surface area contributed by atoms with Gasteiger partial charge >= 0.3 is 0 Å². The zero-order chi connectivity index (χ0) is 11.4. The molecule has 2 rings (SSSR count). The highest BCUT2D eigenvalue weighted by Crippen LogP contribution is 2.29. The molecule has 0 bridgehead atoms. The summed E-state index contributed by atoms with van der Waals surface area (Å²) in [5.74, 6) is 4.74. The first-order valence-electron chi connectivity index (χ1n) is 5.21. The van der Waals surface area contributed by atoms with Crippen LogP contribution < -0.4 is 5.32 Å². The number of hydrogen-bond donors (Lipinski definition) is 1. The Bertz CT molecular complexity index is 456. The Balaban J connectivity index is 1.98. The number of fused-ring (bicyclic) bond motifs is 1. The van der Waals surface area contributed by atoms with Gasteiger partial charge in [-0.05, 0) is 24.0 Å². The van der Waals surface area contributed by atoms with Gasteiger partial charge in [-0.15, -0.1) is 0 Å². The number of amides is 1. The van der Waals surface area contributed by atoms with E-state index in [1.54, 1.807) is 6.92 Å². The molecule has 0 saturated heterocycles. The van der Waals surface area contributed by atoms with Gasteiger partial charge in [0.2, 0.25) is 0 Å². The number of carbonyl (C=O) groups is 1. The smallest absolute Gasteiger partial charge is 0.295 e. The maximum absolute atomic E-state index is 11.2. The number of nitrogens with one attached hydrogen (secondary N) is 1. The third-order valence-corrected chi connectivity index (χ3v) is 2.53. The summed E-state index contributed by atoms with van der Waals surface area (Å²) >= 11 is 0. The van der Waals surface area contributed by atoms with Gasteiger partial charge in [0.15, 0.2) is 0 Å². The van der Waals surface area contributed by atoms with E-state index < -0.39 is 0 Å². The average molecular weight is 215 g/mol. The van der Waals surface area contributed by atoms with E-state index in [2.05, 4.69) is 17.2 Å². The van der Waals surface area contributed by atoms with Crippen molar-refractivity contribution < 1.29 is 9.53 Å². The van der Waals surface area contributed by atoms with E-state index in [1.165, 1.54) is 5.56 Å². The average Bonchev–Trinajstić information content (AvgIpc) is 2.70. The predicted octanol–water partition coefficient (Wildman–Crippen LogP) is 1.40. The van der Waals surface area contributed by atoms with Crippen molar-refractivity contribution in [3.05, 3.63) is 35.4 Å². The molecule has 1 aromatic rings. The lowest BCUT2D eigenvalue weighted by Crippen LogP contribution is -2.26. The molecular formula is C13H13NO2. The van der Waals surface area contributed by atoms with Crippen LogP contribution >= 0.6 is 0 Å². The Morgan fingerprint density at radius 2 is 2.38 bits per heavy atom. The predicted molar refractivity (Wildman–Crippen MR) is 60.4 cm³/mol. The van der Waals surface area contributed by atoms with Crippen LogP contribution in [0.2, 0.25) is 0 Å². The van der Waals surface area contributed by atoms with Crippen LogP contribution in [0.25, 0.3) is 0 Å². The molecule has 1 N–H and O–H groups in total. The van der Waals surface area contributed by atoms with E-state index >= 15 is 0 Å². The zero-order valence-corrected chi connectivity index (χ0v) is 9.12. The van der Waals surface area contributed by atoms with Crippen molar-refractivity contribution >= 4 is 5.91 Å². The number of carbonyl (C=O) groups excluding carboxylic acids is 1. The second kappa shape index (κ2) is 4.82. The van der Waals surface area contributed by atoms with Gasteiger partial charge in [-0.2, -0.15) is 0 Å². The molecule has 1 aliphatic rings. The van der Waals surface area contributed by atoms with Crippen LogP contribution in [-0.2, 0) is 16.1 Å². The van der Waals surface area contributed by atoms with Gasteiger partial charge < -0.3 is 10.1 Å². The summed E-state index contributed by atoms with van der Waals surface area (Å²) in [5, 5.41) is 2.73. The molecule has 0 spiro atoms. The molecule has 0 aliphatic carbocycles. The molecule has 1 unspecified atom stereocenters. The lowest BCUT2D eigenvalue weighted by molar-refractivity contribution is -0.116. The molecule has 3 heteroatoms. The molecule has 3 nitrogen and oxygen atoms in total. The zero-order valence-electron chi connectivity index (χ0n) is 9.12. The minimum absolute atomic E-state index is 0.0428. The molecule has 1 heterocycles. The minimum atomic E-state index is -0.254. The van der Waals surface area contributed by atoms with Crippen LogP contribution in [0, 0.1) is 11.8 Å². The molecule has 1 aliphatic heterocycles. The molecule has 1 atom stereocenters. The fourth-order valence-corrected chi connectivity index (χ4v) is 1.77. The summed E-state index contributed by atoms with van der Waals surface area (Å²) < 4.78 is 5.59. The topological polar surface area (TPSA) is 38.3 Å². The van der Waals surface area contributed by atoms with Crippen molar-refractivity contribution in [1.29, 1.82) is 0 Å². The van der Waals surface area contributed by atoms with Crippen LogP contribution in [0.1, 0.15) is 24.2 Å². The van der Waals surface area contributed by atoms with Crippen molar-refractivity contribution in [2.24, 2.45) is 0 Å². The van der Waals surface area contributed by atoms with Crippen molar-refractivity contribution in [3.8, 4) is 11.8 Å². The first kappa shape index (κ1) is 10.7. The summed E-state index contributed by atoms with van der Waals surface area (Å²) in [6.07, 6.45) is -0.0428. The fourth-order valence-electron chi connectivity index (χ4n) is 1.77. The molecule has 82 valence electrons. The monoisotopic (exact) mass is 215 g/mol. The minimum Gasteiger partial charge on any atom is -0.367 e. The van der Waals surface area contributed by atoms with E-state index in [0.717, 1.165) is 5.56 Å². The molecule has 1 amide bonds. The van der Waals surface area contributed by atoms with Gasteiger partial charge in [-0.1, -0.05) is 30.2 Å². The van der Waals surface area contributed by atoms with Crippen LogP contribution in [0.3, 0.4) is 0 Å². The van der Waals surface area contributed by atoms with Gasteiger partial charge in [-0.3, -0.25) is 4.79 Å². The van der Waals surface area contributed by atoms with Crippen LogP contribution in [0.5, 0.6) is 0 Å². The van der Waals surface area contributed by atoms with Crippen LogP contribution in [0.4, 0.5) is 0 Å². The standard InChI is InChI=1S/C13H13NO2/c1-2-5-13(15)14-8-12-11-7-4-3-6-10(11)9-16-12/h3-4,6-7,12H,8-9H2,1H3,(H,14,15). The van der Waals surface area contributed by atoms with E-state index in [-0.39, 0.29) is 12.0 Å². The number of hydrogen-bond acceptors (Lipinski definition) is 2. The van der Waals surface area contributed by atoms with Crippen molar-refractivity contribution in [3.63, 3.8) is 0 Å². The quantitative estimate of drug-likeness (QED) is 0.757. The second-order valence-corrected chi connectivity index (χ2v) is 3.58. The first-order chi connectivity index (χ1) is 7.81. The normalized spacial score (nSPS) is 17.2. The Hall–Kier alpha value is -1.79. The number of ether oxygens (including phenoxy) is 1. The Morgan fingerprint density at radius 1 is 1.56 bits per heavy atom. The lowest BCUT2D eigenvalue weighted by atomic mass is 10.1. The van der Waals surface area contributed by atoms with E-state index in [0.29, 0.717) is 13.2 Å². The van der Waals surface area contributed by atoms with Gasteiger partial charge in [0, 0.05) is 6.54 Å². The Morgan fingerprint density at radius 3 is 3.19 bits per heavy atom. The third-order valence-electron chi connectivity index (χ3n) is 2.53. The highest BCUT2D eigenvalue weighted by atomic mass is 16.5. The first-order valence-corrected chi connectivity index (χ1v) is 5.21. The van der Waals surface area contributed by atoms with Gasteiger partial charge in [0.1, 0.15) is 6.10 Å². The second-order valence-electron chi connectivity index (χ2n) is 3.58. The number of benzene rings is 1. The van der Waals surface area contributed by atoms with Crippen molar-refractivity contribution in [1.82, 2.24) is 5.32 Å². The van der Waals surface area contributed by atoms with E-state index in [1.807, 2.05) is 24.3 Å². The Kier molecular flexibility index (Phi) is 3.23. The number of rotatable bonds is 2. The maximum atomic E-state index is 11.2. The van der Waals surface area contributed by atoms with Crippen LogP contribution in [0.15, 0.2) is 24.3 Å².